The van der Waals surface area contributed by atoms with Gasteiger partial charge < -0.3 is 5.32 Å². The smallest absolute Gasteiger partial charge is 0.347 e. The Balaban J connectivity index is 2.49. The molecule has 2 aromatic carbocycles. The average molecular weight is 646 g/mol. The van der Waals surface area contributed by atoms with Crippen molar-refractivity contribution in [1.82, 2.24) is 5.32 Å². The van der Waals surface area contributed by atoms with Crippen LogP contribution in [-0.4, -0.2) is 30.6 Å². The van der Waals surface area contributed by atoms with Crippen LogP contribution in [0.15, 0.2) is 42.5 Å². The summed E-state index contributed by atoms with van der Waals surface area (Å²) in [7, 11) is 0. The number of nitrogens with one attached hydrogen (secondary N) is 1. The van der Waals surface area contributed by atoms with Crippen molar-refractivity contribution in [1.29, 1.82) is 0 Å². The molecule has 3 nitrogen and oxygen atoms in total. The number of alkyl halides is 12. The van der Waals surface area contributed by atoms with Crippen LogP contribution in [-0.2, 0) is 17.1 Å². The number of carbonyl (C=O) groups excluding carboxylic acids is 2. The molecule has 17 heteroatoms. The molecule has 0 spiro atoms. The lowest BCUT2D eigenvalue weighted by Gasteiger charge is -2.20. The zero-order chi connectivity index (χ0) is 32.4. The average Bonchev–Trinajstić information content (AvgIpc) is 2.82. The molecule has 0 aliphatic carbocycles. The normalized spacial score (nSPS) is 14.9. The number of ketones is 1. The summed E-state index contributed by atoms with van der Waals surface area (Å²) in [5.41, 5.74) is -6.91. The number of allylic oxidation sites excluding steroid dienone is 1. The Bertz CT molecular complexity index is 1340. The van der Waals surface area contributed by atoms with Gasteiger partial charge in [0.25, 0.3) is 0 Å². The number of amides is 1. The number of halogens is 14. The maximum atomic E-state index is 14.9. The summed E-state index contributed by atoms with van der Waals surface area (Å²) in [6.45, 7) is -0.824. The molecule has 2 atom stereocenters. The third-order valence-electron chi connectivity index (χ3n) is 5.58. The number of hydrogen-bond donors (Lipinski definition) is 1. The van der Waals surface area contributed by atoms with E-state index in [0.717, 1.165) is 6.92 Å². The predicted molar refractivity (Wildman–Crippen MR) is 123 cm³/mol. The van der Waals surface area contributed by atoms with Crippen LogP contribution in [0.25, 0.3) is 5.83 Å². The van der Waals surface area contributed by atoms with Crippen LogP contribution < -0.4 is 5.32 Å². The molecule has 0 aliphatic rings. The Morgan fingerprint density at radius 1 is 0.881 bits per heavy atom. The van der Waals surface area contributed by atoms with E-state index >= 15 is 0 Å². The fourth-order valence-electron chi connectivity index (χ4n) is 3.59. The molecule has 0 saturated carbocycles. The van der Waals surface area contributed by atoms with Gasteiger partial charge in [0.1, 0.15) is 18.3 Å². The summed E-state index contributed by atoms with van der Waals surface area (Å²) in [5.74, 6) is -9.30. The summed E-state index contributed by atoms with van der Waals surface area (Å²) >= 11 is 5.50. The third-order valence-corrected chi connectivity index (χ3v) is 5.79. The molecule has 1 N–H and O–H groups in total. The van der Waals surface area contributed by atoms with Gasteiger partial charge in [-0.25, -0.2) is 4.39 Å². The van der Waals surface area contributed by atoms with Crippen LogP contribution in [0, 0.1) is 5.92 Å². The molecule has 0 heterocycles. The van der Waals surface area contributed by atoms with Crippen LogP contribution in [0.3, 0.4) is 0 Å². The molecule has 0 aliphatic heterocycles. The van der Waals surface area contributed by atoms with Gasteiger partial charge in [-0.3, -0.25) is 9.59 Å². The minimum absolute atomic E-state index is 0.0278. The number of rotatable bonds is 8. The van der Waals surface area contributed by atoms with E-state index in [1.165, 1.54) is 5.32 Å². The van der Waals surface area contributed by atoms with Crippen molar-refractivity contribution in [2.45, 2.75) is 44.0 Å². The summed E-state index contributed by atoms with van der Waals surface area (Å²) in [5, 5.41) is 0.663. The van der Waals surface area contributed by atoms with Crippen LogP contribution in [0.1, 0.15) is 51.9 Å². The fourth-order valence-corrected chi connectivity index (χ4v) is 3.83. The Labute approximate surface area is 233 Å². The molecule has 1 amide bonds. The van der Waals surface area contributed by atoms with Gasteiger partial charge in [-0.05, 0) is 35.9 Å². The highest BCUT2D eigenvalue weighted by Crippen LogP contribution is 2.42. The summed E-state index contributed by atoms with van der Waals surface area (Å²) in [6.07, 6.45) is -22.1. The first-order valence-electron chi connectivity index (χ1n) is 11.3. The van der Waals surface area contributed by atoms with Crippen molar-refractivity contribution in [2.75, 3.05) is 6.54 Å². The maximum Gasteiger partial charge on any atom is 0.417 e. The van der Waals surface area contributed by atoms with Crippen molar-refractivity contribution < 1.29 is 66.7 Å². The molecule has 2 aromatic rings. The Kier molecular flexibility index (Phi) is 10.4. The summed E-state index contributed by atoms with van der Waals surface area (Å²) in [4.78, 5) is 24.3. The highest BCUT2D eigenvalue weighted by atomic mass is 35.5. The zero-order valence-corrected chi connectivity index (χ0v) is 21.5. The second kappa shape index (κ2) is 12.5. The van der Waals surface area contributed by atoms with Crippen molar-refractivity contribution in [3.05, 3.63) is 75.3 Å². The highest BCUT2D eigenvalue weighted by Gasteiger charge is 2.42. The van der Waals surface area contributed by atoms with Gasteiger partial charge in [0.2, 0.25) is 5.91 Å². The molecule has 0 fully saturated rings. The maximum absolute atomic E-state index is 14.9. The first-order valence-corrected chi connectivity index (χ1v) is 11.7. The molecule has 0 aromatic heterocycles. The summed E-state index contributed by atoms with van der Waals surface area (Å²) in [6, 6.07) is 1.66. The molecule has 42 heavy (non-hydrogen) atoms. The third kappa shape index (κ3) is 9.63. The van der Waals surface area contributed by atoms with Crippen molar-refractivity contribution in [3.63, 3.8) is 0 Å². The standard InChI is InChI=1S/C25H17ClF13NO2/c1-11(21(42)40-10-22(28,29)30)4-20(41)16-3-2-12(7-18(16)25(37,38)39)19(27)9-17(24(34,35)36)13-5-14(23(31,32)33)8-15(26)6-13/h2-3,5-9,11,17H,4,10H2,1H3,(H,40,42)/b19-9-/t11-,17?/m0/s1. The van der Waals surface area contributed by atoms with E-state index in [4.69, 9.17) is 11.6 Å². The molecule has 2 rings (SSSR count). The number of Topliss-reactive ketones (excluding diaryl/α,β-unsaturated/α-hetero) is 1. The van der Waals surface area contributed by atoms with Gasteiger partial charge in [0.15, 0.2) is 5.78 Å². The zero-order valence-electron chi connectivity index (χ0n) is 20.7. The van der Waals surface area contributed by atoms with Crippen LogP contribution in [0.5, 0.6) is 0 Å². The lowest BCUT2D eigenvalue weighted by atomic mass is 9.92. The monoisotopic (exact) mass is 645 g/mol. The highest BCUT2D eigenvalue weighted by molar-refractivity contribution is 6.30. The number of carbonyl (C=O) groups is 2. The van der Waals surface area contributed by atoms with E-state index in [1.807, 2.05) is 0 Å². The molecule has 0 saturated heterocycles. The first kappa shape index (κ1) is 34.9. The van der Waals surface area contributed by atoms with Crippen LogP contribution in [0.4, 0.5) is 57.1 Å². The Morgan fingerprint density at radius 3 is 1.98 bits per heavy atom. The van der Waals surface area contributed by atoms with Crippen LogP contribution >= 0.6 is 11.6 Å². The van der Waals surface area contributed by atoms with Crippen molar-refractivity contribution >= 4 is 29.1 Å². The lowest BCUT2D eigenvalue weighted by molar-refractivity contribution is -0.142. The Morgan fingerprint density at radius 2 is 1.48 bits per heavy atom. The largest absolute Gasteiger partial charge is 0.417 e. The predicted octanol–water partition coefficient (Wildman–Crippen LogP) is 8.92. The first-order chi connectivity index (χ1) is 18.9. The lowest BCUT2D eigenvalue weighted by Crippen LogP contribution is -2.37. The van der Waals surface area contributed by atoms with E-state index in [2.05, 4.69) is 0 Å². The SMILES string of the molecule is C[C@@H](CC(=O)c1ccc(/C(F)=C/C(c2cc(Cl)cc(C(F)(F)F)c2)C(F)(F)F)cc1C(F)(F)F)C(=O)NCC(F)(F)F. The minimum atomic E-state index is -5.43. The van der Waals surface area contributed by atoms with Gasteiger partial charge in [0, 0.05) is 28.5 Å². The van der Waals surface area contributed by atoms with E-state index < -0.39 is 99.9 Å². The van der Waals surface area contributed by atoms with E-state index in [9.17, 15) is 66.7 Å². The van der Waals surface area contributed by atoms with Gasteiger partial charge in [-0.15, -0.1) is 0 Å². The Hall–Kier alpha value is -3.30. The number of hydrogen-bond acceptors (Lipinski definition) is 2. The number of benzene rings is 2. The quantitative estimate of drug-likeness (QED) is 0.230. The molecular weight excluding hydrogens is 629 g/mol. The fraction of sp³-hybridized carbons (Fsp3) is 0.360. The van der Waals surface area contributed by atoms with E-state index in [1.54, 1.807) is 0 Å². The van der Waals surface area contributed by atoms with Gasteiger partial charge in [-0.2, -0.15) is 52.7 Å². The molecule has 232 valence electrons. The molecule has 0 radical (unpaired) electrons. The van der Waals surface area contributed by atoms with Crippen molar-refractivity contribution in [3.8, 4) is 0 Å². The van der Waals surface area contributed by atoms with E-state index in [0.29, 0.717) is 24.3 Å². The molecule has 1 unspecified atom stereocenters. The van der Waals surface area contributed by atoms with E-state index in [-0.39, 0.29) is 18.2 Å². The van der Waals surface area contributed by atoms with Crippen LogP contribution in [0.2, 0.25) is 5.02 Å². The topological polar surface area (TPSA) is 46.2 Å². The van der Waals surface area contributed by atoms with Gasteiger partial charge in [0.05, 0.1) is 11.1 Å². The second-order valence-corrected chi connectivity index (χ2v) is 9.36. The van der Waals surface area contributed by atoms with Gasteiger partial charge >= 0.3 is 24.7 Å². The molecular formula is C25H17ClF13NO2. The minimum Gasteiger partial charge on any atom is -0.347 e. The molecule has 0 bridgehead atoms. The summed E-state index contributed by atoms with van der Waals surface area (Å²) < 4.78 is 173. The second-order valence-electron chi connectivity index (χ2n) is 8.92. The van der Waals surface area contributed by atoms with Gasteiger partial charge in [-0.1, -0.05) is 30.7 Å². The van der Waals surface area contributed by atoms with Crippen molar-refractivity contribution in [2.24, 2.45) is 5.92 Å².